The molecular formula is C14H19ClF2N2O3S. The molecule has 1 aromatic rings. The highest BCUT2D eigenvalue weighted by molar-refractivity contribution is 7.91. The molecule has 1 aliphatic heterocycles. The van der Waals surface area contributed by atoms with E-state index in [-0.39, 0.29) is 24.7 Å². The minimum Gasteiger partial charge on any atom is -0.341 e. The molecular weight excluding hydrogens is 350 g/mol. The van der Waals surface area contributed by atoms with Crippen molar-refractivity contribution < 1.29 is 22.0 Å². The normalized spacial score (nSPS) is 15.9. The van der Waals surface area contributed by atoms with E-state index in [9.17, 15) is 22.0 Å². The number of rotatable bonds is 4. The smallest absolute Gasteiger partial charge is 0.341 e. The fourth-order valence-corrected chi connectivity index (χ4v) is 3.00. The maximum Gasteiger partial charge on any atom is 0.341 e. The van der Waals surface area contributed by atoms with E-state index in [0.29, 0.717) is 18.7 Å². The van der Waals surface area contributed by atoms with Crippen LogP contribution in [0.4, 0.5) is 8.78 Å². The second kappa shape index (κ2) is 8.56. The van der Waals surface area contributed by atoms with Crippen LogP contribution in [0.5, 0.6) is 0 Å². The Morgan fingerprint density at radius 2 is 1.83 bits per heavy atom. The quantitative estimate of drug-likeness (QED) is 0.874. The molecule has 1 saturated heterocycles. The maximum absolute atomic E-state index is 12.4. The van der Waals surface area contributed by atoms with Gasteiger partial charge in [-0.25, -0.2) is 8.42 Å². The number of alkyl halides is 2. The molecule has 23 heavy (non-hydrogen) atoms. The molecule has 9 heteroatoms. The van der Waals surface area contributed by atoms with Gasteiger partial charge in [-0.3, -0.25) is 4.79 Å². The second-order valence-electron chi connectivity index (χ2n) is 5.11. The Labute approximate surface area is 140 Å². The van der Waals surface area contributed by atoms with Crippen molar-refractivity contribution in [2.75, 3.05) is 26.2 Å². The summed E-state index contributed by atoms with van der Waals surface area (Å²) in [5, 5.41) is 3.20. The molecule has 1 N–H and O–H groups in total. The van der Waals surface area contributed by atoms with Gasteiger partial charge in [-0.15, -0.1) is 12.4 Å². The van der Waals surface area contributed by atoms with Crippen LogP contribution < -0.4 is 5.32 Å². The Bertz CT molecular complexity index is 615. The van der Waals surface area contributed by atoms with Gasteiger partial charge in [-0.1, -0.05) is 12.1 Å². The van der Waals surface area contributed by atoms with Crippen LogP contribution >= 0.6 is 12.4 Å². The van der Waals surface area contributed by atoms with Crippen molar-refractivity contribution in [3.63, 3.8) is 0 Å². The fourth-order valence-electron chi connectivity index (χ4n) is 2.28. The summed E-state index contributed by atoms with van der Waals surface area (Å²) in [5.74, 6) is -3.49. The van der Waals surface area contributed by atoms with Crippen LogP contribution in [0.1, 0.15) is 12.0 Å². The molecule has 0 radical (unpaired) electrons. The predicted octanol–water partition coefficient (Wildman–Crippen LogP) is 1.47. The number of halogens is 3. The topological polar surface area (TPSA) is 66.5 Å². The predicted molar refractivity (Wildman–Crippen MR) is 84.7 cm³/mol. The molecule has 0 aromatic heterocycles. The molecule has 0 bridgehead atoms. The van der Waals surface area contributed by atoms with Crippen molar-refractivity contribution >= 4 is 28.2 Å². The van der Waals surface area contributed by atoms with Crippen molar-refractivity contribution in [3.8, 4) is 0 Å². The van der Waals surface area contributed by atoms with Crippen molar-refractivity contribution in [1.82, 2.24) is 10.2 Å². The van der Waals surface area contributed by atoms with E-state index in [4.69, 9.17) is 0 Å². The van der Waals surface area contributed by atoms with Crippen LogP contribution in [0, 0.1) is 0 Å². The van der Waals surface area contributed by atoms with Gasteiger partial charge in [0.2, 0.25) is 15.7 Å². The number of carbonyl (C=O) groups is 1. The number of amides is 1. The summed E-state index contributed by atoms with van der Waals surface area (Å²) < 4.78 is 47.5. The van der Waals surface area contributed by atoms with Crippen LogP contribution in [0.2, 0.25) is 0 Å². The van der Waals surface area contributed by atoms with Crippen LogP contribution in [-0.4, -0.2) is 51.2 Å². The molecule has 5 nitrogen and oxygen atoms in total. The average Bonchev–Trinajstić information content (AvgIpc) is 2.76. The third kappa shape index (κ3) is 5.12. The Balaban J connectivity index is 0.00000264. The van der Waals surface area contributed by atoms with Crippen LogP contribution in [0.3, 0.4) is 0 Å². The van der Waals surface area contributed by atoms with Gasteiger partial charge in [0.25, 0.3) is 0 Å². The lowest BCUT2D eigenvalue weighted by Gasteiger charge is -2.20. The van der Waals surface area contributed by atoms with Crippen molar-refractivity contribution in [3.05, 3.63) is 29.8 Å². The number of hydrogen-bond donors (Lipinski definition) is 1. The third-order valence-electron chi connectivity index (χ3n) is 3.53. The average molecular weight is 369 g/mol. The number of nitrogens with zero attached hydrogens (tertiary/aromatic N) is 1. The van der Waals surface area contributed by atoms with E-state index in [0.717, 1.165) is 31.6 Å². The highest BCUT2D eigenvalue weighted by Gasteiger charge is 2.26. The Hall–Kier alpha value is -1.25. The molecule has 0 unspecified atom stereocenters. The van der Waals surface area contributed by atoms with Crippen LogP contribution in [0.15, 0.2) is 29.2 Å². The highest BCUT2D eigenvalue weighted by atomic mass is 35.5. The lowest BCUT2D eigenvalue weighted by Crippen LogP contribution is -2.35. The fraction of sp³-hybridized carbons (Fsp3) is 0.500. The maximum atomic E-state index is 12.4. The molecule has 0 spiro atoms. The van der Waals surface area contributed by atoms with Gasteiger partial charge < -0.3 is 10.2 Å². The molecule has 130 valence electrons. The molecule has 2 rings (SSSR count). The minimum absolute atomic E-state index is 0. The molecule has 1 amide bonds. The molecule has 0 aliphatic carbocycles. The first kappa shape index (κ1) is 19.8. The Morgan fingerprint density at radius 1 is 1.17 bits per heavy atom. The van der Waals surface area contributed by atoms with E-state index >= 15 is 0 Å². The Kier molecular flexibility index (Phi) is 7.37. The summed E-state index contributed by atoms with van der Waals surface area (Å²) in [7, 11) is -4.58. The standard InChI is InChI=1S/C14H18F2N2O3S.ClH/c15-14(16)22(20,21)12-4-2-11(3-5-12)10-13(19)18-8-1-6-17-7-9-18;/h2-5,14,17H,1,6-10H2;1H. The van der Waals surface area contributed by atoms with Gasteiger partial charge >= 0.3 is 5.76 Å². The van der Waals surface area contributed by atoms with Crippen LogP contribution in [0.25, 0.3) is 0 Å². The minimum atomic E-state index is -4.58. The summed E-state index contributed by atoms with van der Waals surface area (Å²) in [6, 6.07) is 5.05. The van der Waals surface area contributed by atoms with Gasteiger partial charge in [0.15, 0.2) is 0 Å². The number of benzene rings is 1. The van der Waals surface area contributed by atoms with E-state index in [1.807, 2.05) is 0 Å². The van der Waals surface area contributed by atoms with Gasteiger partial charge in [0, 0.05) is 19.6 Å². The first-order valence-corrected chi connectivity index (χ1v) is 8.55. The molecule has 1 heterocycles. The molecule has 1 fully saturated rings. The third-order valence-corrected chi connectivity index (χ3v) is 4.93. The van der Waals surface area contributed by atoms with Gasteiger partial charge in [-0.05, 0) is 30.7 Å². The van der Waals surface area contributed by atoms with Gasteiger partial charge in [0.1, 0.15) is 0 Å². The van der Waals surface area contributed by atoms with E-state index in [1.165, 1.54) is 12.1 Å². The largest absolute Gasteiger partial charge is 0.341 e. The molecule has 0 atom stereocenters. The summed E-state index contributed by atoms with van der Waals surface area (Å²) in [6.45, 7) is 2.95. The van der Waals surface area contributed by atoms with Crippen molar-refractivity contribution in [1.29, 1.82) is 0 Å². The van der Waals surface area contributed by atoms with E-state index in [2.05, 4.69) is 5.32 Å². The van der Waals surface area contributed by atoms with E-state index < -0.39 is 20.5 Å². The number of carbonyl (C=O) groups excluding carboxylic acids is 1. The van der Waals surface area contributed by atoms with E-state index in [1.54, 1.807) is 4.90 Å². The summed E-state index contributed by atoms with van der Waals surface area (Å²) in [4.78, 5) is 13.5. The lowest BCUT2D eigenvalue weighted by molar-refractivity contribution is -0.130. The monoisotopic (exact) mass is 368 g/mol. The summed E-state index contributed by atoms with van der Waals surface area (Å²) in [5.41, 5.74) is 0.607. The Morgan fingerprint density at radius 3 is 2.43 bits per heavy atom. The SMILES string of the molecule is Cl.O=C(Cc1ccc(S(=O)(=O)C(F)F)cc1)N1CCCNCC1. The highest BCUT2D eigenvalue weighted by Crippen LogP contribution is 2.19. The molecule has 0 saturated carbocycles. The van der Waals surface area contributed by atoms with Crippen LogP contribution in [-0.2, 0) is 21.1 Å². The summed E-state index contributed by atoms with van der Waals surface area (Å²) in [6.07, 6.45) is 1.02. The number of nitrogens with one attached hydrogen (secondary N) is 1. The zero-order chi connectivity index (χ0) is 16.2. The number of hydrogen-bond acceptors (Lipinski definition) is 4. The first-order valence-electron chi connectivity index (χ1n) is 7.01. The zero-order valence-corrected chi connectivity index (χ0v) is 14.0. The lowest BCUT2D eigenvalue weighted by atomic mass is 10.1. The van der Waals surface area contributed by atoms with Gasteiger partial charge in [0.05, 0.1) is 11.3 Å². The van der Waals surface area contributed by atoms with Crippen molar-refractivity contribution in [2.45, 2.75) is 23.5 Å². The zero-order valence-electron chi connectivity index (χ0n) is 12.4. The number of sulfone groups is 1. The van der Waals surface area contributed by atoms with Crippen molar-refractivity contribution in [2.24, 2.45) is 0 Å². The van der Waals surface area contributed by atoms with Gasteiger partial charge in [-0.2, -0.15) is 8.78 Å². The molecule has 1 aliphatic rings. The summed E-state index contributed by atoms with van der Waals surface area (Å²) >= 11 is 0. The first-order chi connectivity index (χ1) is 10.4. The molecule has 1 aromatic carbocycles. The second-order valence-corrected chi connectivity index (χ2v) is 7.03.